The summed E-state index contributed by atoms with van der Waals surface area (Å²) in [4.78, 5) is 16.5. The van der Waals surface area contributed by atoms with E-state index in [4.69, 9.17) is 9.47 Å². The minimum Gasteiger partial charge on any atom is -0.383 e. The van der Waals surface area contributed by atoms with Crippen LogP contribution in [0.5, 0.6) is 0 Å². The van der Waals surface area contributed by atoms with Crippen LogP contribution in [0.1, 0.15) is 17.0 Å². The molecule has 5 nitrogen and oxygen atoms in total. The van der Waals surface area contributed by atoms with Crippen molar-refractivity contribution in [3.05, 3.63) is 71.3 Å². The van der Waals surface area contributed by atoms with Crippen molar-refractivity contribution in [2.75, 3.05) is 53.6 Å². The minimum absolute atomic E-state index is 0.00000690. The van der Waals surface area contributed by atoms with Gasteiger partial charge in [-0.2, -0.15) is 0 Å². The van der Waals surface area contributed by atoms with E-state index in [2.05, 4.69) is 4.90 Å². The van der Waals surface area contributed by atoms with Crippen molar-refractivity contribution in [1.82, 2.24) is 9.80 Å². The molecule has 1 saturated heterocycles. The summed E-state index contributed by atoms with van der Waals surface area (Å²) in [6.07, 6.45) is 0. The lowest BCUT2D eigenvalue weighted by Crippen LogP contribution is -2.41. The molecule has 2 atom stereocenters. The predicted molar refractivity (Wildman–Crippen MR) is 115 cm³/mol. The van der Waals surface area contributed by atoms with E-state index in [0.717, 1.165) is 5.56 Å². The maximum absolute atomic E-state index is 14.2. The number of hydrogen-bond donors (Lipinski definition) is 0. The Morgan fingerprint density at radius 2 is 1.90 bits per heavy atom. The van der Waals surface area contributed by atoms with Crippen molar-refractivity contribution in [2.45, 2.75) is 12.5 Å². The lowest BCUT2D eigenvalue weighted by molar-refractivity contribution is -0.136. The summed E-state index contributed by atoms with van der Waals surface area (Å²) in [7, 11) is 3.09. The molecule has 2 aromatic carbocycles. The van der Waals surface area contributed by atoms with Crippen LogP contribution >= 0.6 is 0 Å². The molecule has 168 valence electrons. The summed E-state index contributed by atoms with van der Waals surface area (Å²) in [6, 6.07) is 13.4. The van der Waals surface area contributed by atoms with Crippen LogP contribution in [0.4, 0.5) is 8.78 Å². The second-order valence-electron chi connectivity index (χ2n) is 7.97. The molecule has 0 spiro atoms. The van der Waals surface area contributed by atoms with Crippen LogP contribution in [0.25, 0.3) is 0 Å². The first-order chi connectivity index (χ1) is 15.0. The lowest BCUT2D eigenvalue weighted by Gasteiger charge is -2.28. The van der Waals surface area contributed by atoms with Gasteiger partial charge in [-0.15, -0.1) is 0 Å². The predicted octanol–water partition coefficient (Wildman–Crippen LogP) is 3.30. The Bertz CT molecular complexity index is 864. The highest BCUT2D eigenvalue weighted by molar-refractivity contribution is 5.77. The van der Waals surface area contributed by atoms with Gasteiger partial charge in [0.05, 0.1) is 6.61 Å². The minimum atomic E-state index is -0.282. The van der Waals surface area contributed by atoms with Gasteiger partial charge in [-0.3, -0.25) is 9.69 Å². The molecule has 0 saturated carbocycles. The Morgan fingerprint density at radius 1 is 1.10 bits per heavy atom. The van der Waals surface area contributed by atoms with Crippen LogP contribution in [0.15, 0.2) is 48.5 Å². The SMILES string of the molecule is COCCN(C[C@@H]1CN(Cc2ccccc2F)C[C@@H]1c1cccc(F)c1)C(=O)COC. The molecule has 0 aromatic heterocycles. The number of halogens is 2. The molecule has 31 heavy (non-hydrogen) atoms. The van der Waals surface area contributed by atoms with E-state index in [-0.39, 0.29) is 36.0 Å². The molecular formula is C24H30F2N2O3. The third-order valence-electron chi connectivity index (χ3n) is 5.79. The van der Waals surface area contributed by atoms with Gasteiger partial charge in [0, 0.05) is 58.4 Å². The first-order valence-electron chi connectivity index (χ1n) is 10.5. The van der Waals surface area contributed by atoms with E-state index in [9.17, 15) is 13.6 Å². The Morgan fingerprint density at radius 3 is 2.61 bits per heavy atom. The summed E-state index contributed by atoms with van der Waals surface area (Å²) in [5, 5.41) is 0. The molecular weight excluding hydrogens is 402 g/mol. The van der Waals surface area contributed by atoms with Gasteiger partial charge in [-0.05, 0) is 29.7 Å². The van der Waals surface area contributed by atoms with Crippen molar-refractivity contribution >= 4 is 5.91 Å². The van der Waals surface area contributed by atoms with E-state index < -0.39 is 0 Å². The standard InChI is InChI=1S/C24H30F2N2O3/c1-30-11-10-28(24(29)17-31-2)15-20-14-27(13-19-6-3-4-9-23(19)26)16-22(20)18-7-5-8-21(25)12-18/h3-9,12,20,22H,10-11,13-17H2,1-2H3/t20-,22+/m0/s1. The monoisotopic (exact) mass is 432 g/mol. The average Bonchev–Trinajstić information content (AvgIpc) is 3.15. The molecule has 0 radical (unpaired) electrons. The highest BCUT2D eigenvalue weighted by atomic mass is 19.1. The number of ether oxygens (including phenoxy) is 2. The number of carbonyl (C=O) groups excluding carboxylic acids is 1. The normalized spacial score (nSPS) is 19.0. The molecule has 1 aliphatic rings. The molecule has 1 fully saturated rings. The highest BCUT2D eigenvalue weighted by Gasteiger charge is 2.36. The molecule has 1 amide bonds. The van der Waals surface area contributed by atoms with Gasteiger partial charge in [-0.25, -0.2) is 8.78 Å². The molecule has 3 rings (SSSR count). The molecule has 1 aliphatic heterocycles. The van der Waals surface area contributed by atoms with Crippen LogP contribution in [-0.2, 0) is 20.8 Å². The molecule has 2 aromatic rings. The van der Waals surface area contributed by atoms with Gasteiger partial charge < -0.3 is 14.4 Å². The van der Waals surface area contributed by atoms with E-state index >= 15 is 0 Å². The smallest absolute Gasteiger partial charge is 0.248 e. The third kappa shape index (κ3) is 6.32. The van der Waals surface area contributed by atoms with Crippen LogP contribution < -0.4 is 0 Å². The Balaban J connectivity index is 1.81. The summed E-state index contributed by atoms with van der Waals surface area (Å²) >= 11 is 0. The summed E-state index contributed by atoms with van der Waals surface area (Å²) in [5.74, 6) is -0.514. The number of carbonyl (C=O) groups is 1. The van der Waals surface area contributed by atoms with Gasteiger partial charge in [0.1, 0.15) is 18.2 Å². The number of methoxy groups -OCH3 is 2. The fourth-order valence-corrected chi connectivity index (χ4v) is 4.27. The van der Waals surface area contributed by atoms with Crippen LogP contribution in [-0.4, -0.2) is 69.3 Å². The Labute approximate surface area is 182 Å². The van der Waals surface area contributed by atoms with Gasteiger partial charge in [0.15, 0.2) is 0 Å². The number of benzene rings is 2. The maximum Gasteiger partial charge on any atom is 0.248 e. The molecule has 0 aliphatic carbocycles. The van der Waals surface area contributed by atoms with Crippen LogP contribution in [0.3, 0.4) is 0 Å². The van der Waals surface area contributed by atoms with Crippen molar-refractivity contribution in [1.29, 1.82) is 0 Å². The van der Waals surface area contributed by atoms with E-state index in [1.165, 1.54) is 19.2 Å². The van der Waals surface area contributed by atoms with E-state index in [1.807, 2.05) is 12.1 Å². The highest BCUT2D eigenvalue weighted by Crippen LogP contribution is 2.34. The number of amides is 1. The summed E-state index contributed by atoms with van der Waals surface area (Å²) in [6.45, 7) is 3.20. The van der Waals surface area contributed by atoms with Gasteiger partial charge in [0.2, 0.25) is 5.91 Å². The van der Waals surface area contributed by atoms with Crippen molar-refractivity contribution in [3.63, 3.8) is 0 Å². The zero-order chi connectivity index (χ0) is 22.2. The first-order valence-corrected chi connectivity index (χ1v) is 10.5. The van der Waals surface area contributed by atoms with Gasteiger partial charge >= 0.3 is 0 Å². The fraction of sp³-hybridized carbons (Fsp3) is 0.458. The summed E-state index contributed by atoms with van der Waals surface area (Å²) in [5.41, 5.74) is 1.53. The topological polar surface area (TPSA) is 42.0 Å². The average molecular weight is 433 g/mol. The molecule has 0 unspecified atom stereocenters. The number of nitrogens with zero attached hydrogens (tertiary/aromatic N) is 2. The second kappa shape index (κ2) is 11.3. The van der Waals surface area contributed by atoms with Crippen molar-refractivity contribution < 1.29 is 23.0 Å². The van der Waals surface area contributed by atoms with Crippen LogP contribution in [0, 0.1) is 17.6 Å². The Hall–Kier alpha value is -2.35. The fourth-order valence-electron chi connectivity index (χ4n) is 4.27. The molecule has 0 bridgehead atoms. The molecule has 7 heteroatoms. The second-order valence-corrected chi connectivity index (χ2v) is 7.97. The number of hydrogen-bond acceptors (Lipinski definition) is 4. The zero-order valence-electron chi connectivity index (χ0n) is 18.1. The van der Waals surface area contributed by atoms with E-state index in [0.29, 0.717) is 44.9 Å². The Kier molecular flexibility index (Phi) is 8.51. The number of likely N-dealkylation sites (tertiary alicyclic amines) is 1. The summed E-state index contributed by atoms with van der Waals surface area (Å²) < 4.78 is 38.3. The number of rotatable bonds is 10. The molecule has 0 N–H and O–H groups in total. The largest absolute Gasteiger partial charge is 0.383 e. The van der Waals surface area contributed by atoms with Crippen molar-refractivity contribution in [2.24, 2.45) is 5.92 Å². The quantitative estimate of drug-likeness (QED) is 0.578. The lowest BCUT2D eigenvalue weighted by atomic mass is 9.88. The zero-order valence-corrected chi connectivity index (χ0v) is 18.1. The van der Waals surface area contributed by atoms with Gasteiger partial charge in [-0.1, -0.05) is 30.3 Å². The first kappa shape index (κ1) is 23.3. The maximum atomic E-state index is 14.2. The van der Waals surface area contributed by atoms with Crippen molar-refractivity contribution in [3.8, 4) is 0 Å². The van der Waals surface area contributed by atoms with Crippen LogP contribution in [0.2, 0.25) is 0 Å². The van der Waals surface area contributed by atoms with Gasteiger partial charge in [0.25, 0.3) is 0 Å². The molecule has 1 heterocycles. The van der Waals surface area contributed by atoms with E-state index in [1.54, 1.807) is 36.3 Å². The third-order valence-corrected chi connectivity index (χ3v) is 5.79.